The Hall–Kier alpha value is -2.14. The molecule has 1 aromatic carbocycles. The topological polar surface area (TPSA) is 49.4 Å². The molecule has 0 atom stereocenters. The molecule has 3 rings (SSSR count). The van der Waals surface area contributed by atoms with Crippen LogP contribution < -0.4 is 5.32 Å². The molecular formula is C17H18N2O2S. The second-order valence-electron chi connectivity index (χ2n) is 5.43. The summed E-state index contributed by atoms with van der Waals surface area (Å²) >= 11 is 1.44. The SMILES string of the molecule is Cc1ccc(C(=O)NCC(=O)N2CCc3ccccc3C2)s1. The molecule has 1 aromatic heterocycles. The van der Waals surface area contributed by atoms with Crippen LogP contribution in [-0.2, 0) is 17.8 Å². The summed E-state index contributed by atoms with van der Waals surface area (Å²) in [5.74, 6) is -0.208. The molecule has 0 saturated carbocycles. The van der Waals surface area contributed by atoms with Crippen LogP contribution in [0.1, 0.15) is 25.7 Å². The van der Waals surface area contributed by atoms with Gasteiger partial charge in [-0.05, 0) is 36.6 Å². The summed E-state index contributed by atoms with van der Waals surface area (Å²) in [5.41, 5.74) is 2.51. The van der Waals surface area contributed by atoms with Crippen molar-refractivity contribution in [3.8, 4) is 0 Å². The van der Waals surface area contributed by atoms with Crippen molar-refractivity contribution < 1.29 is 9.59 Å². The molecule has 0 fully saturated rings. The van der Waals surface area contributed by atoms with Gasteiger partial charge in [0.15, 0.2) is 0 Å². The second kappa shape index (κ2) is 6.32. The quantitative estimate of drug-likeness (QED) is 0.945. The molecule has 0 aliphatic carbocycles. The van der Waals surface area contributed by atoms with Crippen LogP contribution in [-0.4, -0.2) is 29.8 Å². The van der Waals surface area contributed by atoms with Gasteiger partial charge >= 0.3 is 0 Å². The Morgan fingerprint density at radius 3 is 2.68 bits per heavy atom. The molecule has 2 amide bonds. The van der Waals surface area contributed by atoms with Gasteiger partial charge in [-0.1, -0.05) is 24.3 Å². The Balaban J connectivity index is 1.56. The average Bonchev–Trinajstić information content (AvgIpc) is 2.98. The van der Waals surface area contributed by atoms with Gasteiger partial charge in [0.25, 0.3) is 5.91 Å². The molecule has 114 valence electrons. The van der Waals surface area contributed by atoms with Crippen LogP contribution in [0.2, 0.25) is 0 Å². The highest BCUT2D eigenvalue weighted by molar-refractivity contribution is 7.13. The molecule has 0 bridgehead atoms. The highest BCUT2D eigenvalue weighted by Gasteiger charge is 2.20. The molecule has 4 nitrogen and oxygen atoms in total. The van der Waals surface area contributed by atoms with Crippen molar-refractivity contribution in [3.05, 3.63) is 57.3 Å². The van der Waals surface area contributed by atoms with E-state index in [1.807, 2.05) is 30.0 Å². The number of fused-ring (bicyclic) bond motifs is 1. The van der Waals surface area contributed by atoms with Gasteiger partial charge in [-0.3, -0.25) is 9.59 Å². The lowest BCUT2D eigenvalue weighted by Gasteiger charge is -2.28. The maximum absolute atomic E-state index is 12.3. The Morgan fingerprint density at radius 1 is 1.18 bits per heavy atom. The number of benzene rings is 1. The van der Waals surface area contributed by atoms with Gasteiger partial charge in [0.2, 0.25) is 5.91 Å². The number of hydrogen-bond donors (Lipinski definition) is 1. The lowest BCUT2D eigenvalue weighted by molar-refractivity contribution is -0.131. The second-order valence-corrected chi connectivity index (χ2v) is 6.71. The van der Waals surface area contributed by atoms with Gasteiger partial charge < -0.3 is 10.2 Å². The largest absolute Gasteiger partial charge is 0.342 e. The zero-order valence-electron chi connectivity index (χ0n) is 12.5. The zero-order chi connectivity index (χ0) is 15.5. The Kier molecular flexibility index (Phi) is 4.24. The van der Waals surface area contributed by atoms with Crippen LogP contribution in [0.3, 0.4) is 0 Å². The van der Waals surface area contributed by atoms with Crippen LogP contribution in [0.4, 0.5) is 0 Å². The minimum Gasteiger partial charge on any atom is -0.342 e. The van der Waals surface area contributed by atoms with Crippen molar-refractivity contribution >= 4 is 23.2 Å². The summed E-state index contributed by atoms with van der Waals surface area (Å²) < 4.78 is 0. The van der Waals surface area contributed by atoms with E-state index in [-0.39, 0.29) is 18.4 Å². The van der Waals surface area contributed by atoms with Crippen LogP contribution in [0, 0.1) is 6.92 Å². The van der Waals surface area contributed by atoms with Crippen molar-refractivity contribution in [1.29, 1.82) is 0 Å². The number of aryl methyl sites for hydroxylation is 1. The van der Waals surface area contributed by atoms with E-state index in [0.29, 0.717) is 18.0 Å². The molecule has 1 aliphatic rings. The van der Waals surface area contributed by atoms with Gasteiger partial charge in [-0.2, -0.15) is 0 Å². The van der Waals surface area contributed by atoms with Gasteiger partial charge in [0.1, 0.15) is 0 Å². The lowest BCUT2D eigenvalue weighted by Crippen LogP contribution is -2.42. The Morgan fingerprint density at radius 2 is 1.95 bits per heavy atom. The average molecular weight is 314 g/mol. The maximum atomic E-state index is 12.3. The molecular weight excluding hydrogens is 296 g/mol. The van der Waals surface area contributed by atoms with E-state index < -0.39 is 0 Å². The summed E-state index contributed by atoms with van der Waals surface area (Å²) in [7, 11) is 0. The number of amides is 2. The highest BCUT2D eigenvalue weighted by atomic mass is 32.1. The van der Waals surface area contributed by atoms with E-state index in [4.69, 9.17) is 0 Å². The monoisotopic (exact) mass is 314 g/mol. The fourth-order valence-electron chi connectivity index (χ4n) is 2.62. The number of carbonyl (C=O) groups is 2. The van der Waals surface area contributed by atoms with Crippen LogP contribution in [0.15, 0.2) is 36.4 Å². The maximum Gasteiger partial charge on any atom is 0.261 e. The summed E-state index contributed by atoms with van der Waals surface area (Å²) in [4.78, 5) is 27.8. The van der Waals surface area contributed by atoms with Gasteiger partial charge in [-0.15, -0.1) is 11.3 Å². The summed E-state index contributed by atoms with van der Waals surface area (Å²) in [6.45, 7) is 3.35. The molecule has 0 saturated heterocycles. The first-order valence-corrected chi connectivity index (χ1v) is 8.14. The minimum absolute atomic E-state index is 0.0314. The molecule has 0 unspecified atom stereocenters. The third-order valence-corrected chi connectivity index (χ3v) is 4.85. The predicted octanol–water partition coefficient (Wildman–Crippen LogP) is 2.37. The fourth-order valence-corrected chi connectivity index (χ4v) is 3.40. The van der Waals surface area contributed by atoms with E-state index in [1.165, 1.54) is 22.5 Å². The molecule has 2 heterocycles. The minimum atomic E-state index is -0.177. The van der Waals surface area contributed by atoms with Crippen LogP contribution in [0.5, 0.6) is 0 Å². The van der Waals surface area contributed by atoms with Crippen molar-refractivity contribution in [1.82, 2.24) is 10.2 Å². The summed E-state index contributed by atoms with van der Waals surface area (Å²) in [6, 6.07) is 11.9. The number of nitrogens with one attached hydrogen (secondary N) is 1. The third-order valence-electron chi connectivity index (χ3n) is 3.85. The summed E-state index contributed by atoms with van der Waals surface area (Å²) in [5, 5.41) is 2.71. The molecule has 1 N–H and O–H groups in total. The zero-order valence-corrected chi connectivity index (χ0v) is 13.3. The van der Waals surface area contributed by atoms with E-state index in [9.17, 15) is 9.59 Å². The van der Waals surface area contributed by atoms with Crippen LogP contribution in [0.25, 0.3) is 0 Å². The predicted molar refractivity (Wildman–Crippen MR) is 87.0 cm³/mol. The van der Waals surface area contributed by atoms with Gasteiger partial charge in [-0.25, -0.2) is 0 Å². The van der Waals surface area contributed by atoms with Crippen molar-refractivity contribution in [2.24, 2.45) is 0 Å². The Labute approximate surface area is 133 Å². The fraction of sp³-hybridized carbons (Fsp3) is 0.294. The first-order valence-electron chi connectivity index (χ1n) is 7.32. The van der Waals surface area contributed by atoms with Gasteiger partial charge in [0, 0.05) is 18.0 Å². The van der Waals surface area contributed by atoms with Gasteiger partial charge in [0.05, 0.1) is 11.4 Å². The number of hydrogen-bond acceptors (Lipinski definition) is 3. The number of rotatable bonds is 3. The summed E-state index contributed by atoms with van der Waals surface area (Å²) in [6.07, 6.45) is 0.875. The normalized spacial score (nSPS) is 13.6. The van der Waals surface area contributed by atoms with Crippen molar-refractivity contribution in [3.63, 3.8) is 0 Å². The van der Waals surface area contributed by atoms with Crippen molar-refractivity contribution in [2.45, 2.75) is 19.9 Å². The number of nitrogens with zero attached hydrogens (tertiary/aromatic N) is 1. The Bertz CT molecular complexity index is 708. The number of carbonyl (C=O) groups excluding carboxylic acids is 2. The molecule has 0 radical (unpaired) electrons. The first kappa shape index (κ1) is 14.8. The lowest BCUT2D eigenvalue weighted by atomic mass is 10.00. The smallest absolute Gasteiger partial charge is 0.261 e. The molecule has 0 spiro atoms. The van der Waals surface area contributed by atoms with Crippen molar-refractivity contribution in [2.75, 3.05) is 13.1 Å². The molecule has 5 heteroatoms. The van der Waals surface area contributed by atoms with E-state index >= 15 is 0 Å². The molecule has 22 heavy (non-hydrogen) atoms. The van der Waals surface area contributed by atoms with E-state index in [0.717, 1.165) is 11.3 Å². The third kappa shape index (κ3) is 3.20. The standard InChI is InChI=1S/C17H18N2O2S/c1-12-6-7-15(22-12)17(21)18-10-16(20)19-9-8-13-4-2-3-5-14(13)11-19/h2-7H,8-11H2,1H3,(H,18,21). The highest BCUT2D eigenvalue weighted by Crippen LogP contribution is 2.18. The number of thiophene rings is 1. The van der Waals surface area contributed by atoms with E-state index in [1.54, 1.807) is 6.07 Å². The van der Waals surface area contributed by atoms with Crippen LogP contribution >= 0.6 is 11.3 Å². The van der Waals surface area contributed by atoms with E-state index in [2.05, 4.69) is 17.4 Å². The molecule has 1 aliphatic heterocycles. The first-order chi connectivity index (χ1) is 10.6. The molecule has 2 aromatic rings.